The zero-order chi connectivity index (χ0) is 14.5. The van der Waals surface area contributed by atoms with E-state index in [4.69, 9.17) is 4.74 Å². The first-order valence-corrected chi connectivity index (χ1v) is 7.10. The molecule has 1 amide bonds. The first kappa shape index (κ1) is 14.6. The number of rotatable bonds is 5. The van der Waals surface area contributed by atoms with Crippen LogP contribution in [0.5, 0.6) is 5.75 Å². The molecule has 1 aromatic carbocycles. The van der Waals surface area contributed by atoms with Gasteiger partial charge < -0.3 is 14.7 Å². The lowest BCUT2D eigenvalue weighted by molar-refractivity contribution is 0.0663. The van der Waals surface area contributed by atoms with Crippen LogP contribution in [0.4, 0.5) is 0 Å². The van der Waals surface area contributed by atoms with Gasteiger partial charge in [0.25, 0.3) is 5.91 Å². The van der Waals surface area contributed by atoms with Crippen LogP contribution in [0, 0.1) is 0 Å². The Balaban J connectivity index is 2.20. The molecule has 1 heterocycles. The van der Waals surface area contributed by atoms with Crippen molar-refractivity contribution < 1.29 is 14.6 Å². The van der Waals surface area contributed by atoms with Gasteiger partial charge in [-0.25, -0.2) is 0 Å². The van der Waals surface area contributed by atoms with Gasteiger partial charge in [-0.05, 0) is 29.1 Å². The maximum absolute atomic E-state index is 12.3. The van der Waals surface area contributed by atoms with Crippen molar-refractivity contribution >= 4 is 17.2 Å². The van der Waals surface area contributed by atoms with Gasteiger partial charge in [-0.15, -0.1) is 11.3 Å². The average Bonchev–Trinajstić information content (AvgIpc) is 3.02. The monoisotopic (exact) mass is 291 g/mol. The highest BCUT2D eigenvalue weighted by molar-refractivity contribution is 7.12. The summed E-state index contributed by atoms with van der Waals surface area (Å²) >= 11 is 1.40. The smallest absolute Gasteiger partial charge is 0.264 e. The standard InChI is InChI=1S/C15H17NO3S/c1-16(15(18)14-4-3-9-20-14)13(10-17)11-5-7-12(19-2)8-6-11/h3-9,13,17H,10H2,1-2H3. The van der Waals surface area contributed by atoms with E-state index in [1.165, 1.54) is 11.3 Å². The minimum absolute atomic E-state index is 0.0881. The molecule has 0 saturated heterocycles. The Morgan fingerprint density at radius 1 is 1.35 bits per heavy atom. The molecule has 5 heteroatoms. The van der Waals surface area contributed by atoms with Gasteiger partial charge in [-0.1, -0.05) is 18.2 Å². The Bertz CT molecular complexity index is 551. The molecule has 2 rings (SSSR count). The molecule has 1 atom stereocenters. The second kappa shape index (κ2) is 6.54. The number of carbonyl (C=O) groups is 1. The number of aliphatic hydroxyl groups is 1. The highest BCUT2D eigenvalue weighted by atomic mass is 32.1. The minimum atomic E-state index is -0.365. The van der Waals surface area contributed by atoms with Crippen molar-refractivity contribution in [1.82, 2.24) is 4.90 Å². The molecule has 1 N–H and O–H groups in total. The van der Waals surface area contributed by atoms with E-state index in [1.54, 1.807) is 25.1 Å². The van der Waals surface area contributed by atoms with Crippen molar-refractivity contribution in [3.05, 3.63) is 52.2 Å². The summed E-state index contributed by atoms with van der Waals surface area (Å²) in [6.45, 7) is -0.125. The molecule has 0 spiro atoms. The Morgan fingerprint density at radius 2 is 2.05 bits per heavy atom. The summed E-state index contributed by atoms with van der Waals surface area (Å²) in [6.07, 6.45) is 0. The third-order valence-electron chi connectivity index (χ3n) is 3.19. The summed E-state index contributed by atoms with van der Waals surface area (Å²) in [5.41, 5.74) is 0.876. The number of hydrogen-bond donors (Lipinski definition) is 1. The van der Waals surface area contributed by atoms with Crippen molar-refractivity contribution in [2.75, 3.05) is 20.8 Å². The van der Waals surface area contributed by atoms with Crippen LogP contribution in [0.15, 0.2) is 41.8 Å². The van der Waals surface area contributed by atoms with Crippen LogP contribution in [-0.2, 0) is 0 Å². The van der Waals surface area contributed by atoms with Gasteiger partial charge in [0.05, 0.1) is 24.6 Å². The predicted octanol–water partition coefficient (Wildman–Crippen LogP) is 2.56. The quantitative estimate of drug-likeness (QED) is 0.921. The summed E-state index contributed by atoms with van der Waals surface area (Å²) in [4.78, 5) is 14.5. The highest BCUT2D eigenvalue weighted by Gasteiger charge is 2.22. The fraction of sp³-hybridized carbons (Fsp3) is 0.267. The van der Waals surface area contributed by atoms with Crippen molar-refractivity contribution in [3.63, 3.8) is 0 Å². The lowest BCUT2D eigenvalue weighted by atomic mass is 10.1. The van der Waals surface area contributed by atoms with Crippen LogP contribution in [0.3, 0.4) is 0 Å². The van der Waals surface area contributed by atoms with E-state index in [2.05, 4.69) is 0 Å². The number of amides is 1. The van der Waals surface area contributed by atoms with E-state index < -0.39 is 0 Å². The molecule has 4 nitrogen and oxygen atoms in total. The lowest BCUT2D eigenvalue weighted by Gasteiger charge is -2.26. The number of ether oxygens (including phenoxy) is 1. The van der Waals surface area contributed by atoms with Crippen molar-refractivity contribution in [3.8, 4) is 5.75 Å². The second-order valence-corrected chi connectivity index (χ2v) is 5.31. The van der Waals surface area contributed by atoms with E-state index in [9.17, 15) is 9.90 Å². The maximum Gasteiger partial charge on any atom is 0.264 e. The maximum atomic E-state index is 12.3. The second-order valence-electron chi connectivity index (χ2n) is 4.36. The van der Waals surface area contributed by atoms with Gasteiger partial charge in [0, 0.05) is 7.05 Å². The van der Waals surface area contributed by atoms with E-state index in [-0.39, 0.29) is 18.6 Å². The van der Waals surface area contributed by atoms with Crippen LogP contribution >= 0.6 is 11.3 Å². The molecule has 0 aliphatic rings. The first-order chi connectivity index (χ1) is 9.67. The molecule has 2 aromatic rings. The Kier molecular flexibility index (Phi) is 4.76. The zero-order valence-corrected chi connectivity index (χ0v) is 12.3. The van der Waals surface area contributed by atoms with E-state index in [0.717, 1.165) is 11.3 Å². The van der Waals surface area contributed by atoms with Crippen molar-refractivity contribution in [1.29, 1.82) is 0 Å². The summed E-state index contributed by atoms with van der Waals surface area (Å²) in [5.74, 6) is 0.660. The van der Waals surface area contributed by atoms with Gasteiger partial charge in [0.2, 0.25) is 0 Å². The number of hydrogen-bond acceptors (Lipinski definition) is 4. The fourth-order valence-corrected chi connectivity index (χ4v) is 2.70. The van der Waals surface area contributed by atoms with E-state index in [0.29, 0.717) is 4.88 Å². The van der Waals surface area contributed by atoms with Crippen LogP contribution < -0.4 is 4.74 Å². The summed E-state index contributed by atoms with van der Waals surface area (Å²) in [6, 6.07) is 10.6. The van der Waals surface area contributed by atoms with Crippen LogP contribution in [0.25, 0.3) is 0 Å². The Morgan fingerprint density at radius 3 is 2.55 bits per heavy atom. The summed E-state index contributed by atoms with van der Waals surface area (Å²) in [5, 5.41) is 11.5. The molecule has 0 radical (unpaired) electrons. The molecular weight excluding hydrogens is 274 g/mol. The number of likely N-dealkylation sites (N-methyl/N-ethyl adjacent to an activating group) is 1. The fourth-order valence-electron chi connectivity index (χ4n) is 1.99. The molecule has 0 fully saturated rings. The topological polar surface area (TPSA) is 49.8 Å². The molecule has 20 heavy (non-hydrogen) atoms. The molecule has 1 aromatic heterocycles. The largest absolute Gasteiger partial charge is 0.497 e. The number of nitrogens with zero attached hydrogens (tertiary/aromatic N) is 1. The molecule has 0 aliphatic carbocycles. The zero-order valence-electron chi connectivity index (χ0n) is 11.4. The molecular formula is C15H17NO3S. The minimum Gasteiger partial charge on any atom is -0.497 e. The number of thiophene rings is 1. The van der Waals surface area contributed by atoms with Crippen LogP contribution in [-0.4, -0.2) is 36.7 Å². The van der Waals surface area contributed by atoms with Crippen LogP contribution in [0.1, 0.15) is 21.3 Å². The SMILES string of the molecule is COc1ccc(C(CO)N(C)C(=O)c2cccs2)cc1. The Hall–Kier alpha value is -1.85. The summed E-state index contributed by atoms with van der Waals surface area (Å²) in [7, 11) is 3.30. The predicted molar refractivity (Wildman–Crippen MR) is 79.2 cm³/mol. The van der Waals surface area contributed by atoms with Crippen molar-refractivity contribution in [2.45, 2.75) is 6.04 Å². The highest BCUT2D eigenvalue weighted by Crippen LogP contribution is 2.24. The first-order valence-electron chi connectivity index (χ1n) is 6.23. The number of carbonyl (C=O) groups excluding carboxylic acids is 1. The average molecular weight is 291 g/mol. The molecule has 0 aliphatic heterocycles. The number of benzene rings is 1. The Labute approximate surface area is 122 Å². The van der Waals surface area contributed by atoms with Gasteiger partial charge in [0.15, 0.2) is 0 Å². The molecule has 106 valence electrons. The third-order valence-corrected chi connectivity index (χ3v) is 4.05. The van der Waals surface area contributed by atoms with E-state index >= 15 is 0 Å². The molecule has 1 unspecified atom stereocenters. The van der Waals surface area contributed by atoms with Gasteiger partial charge in [0.1, 0.15) is 5.75 Å². The normalized spacial score (nSPS) is 11.9. The van der Waals surface area contributed by atoms with E-state index in [1.807, 2.05) is 35.7 Å². The summed E-state index contributed by atoms with van der Waals surface area (Å²) < 4.78 is 5.11. The lowest BCUT2D eigenvalue weighted by Crippen LogP contribution is -2.32. The van der Waals surface area contributed by atoms with Crippen LogP contribution in [0.2, 0.25) is 0 Å². The molecule has 0 saturated carbocycles. The third kappa shape index (κ3) is 3.00. The van der Waals surface area contributed by atoms with Gasteiger partial charge in [-0.3, -0.25) is 4.79 Å². The van der Waals surface area contributed by atoms with Gasteiger partial charge >= 0.3 is 0 Å². The molecule has 0 bridgehead atoms. The van der Waals surface area contributed by atoms with Crippen molar-refractivity contribution in [2.24, 2.45) is 0 Å². The number of methoxy groups -OCH3 is 1. The number of aliphatic hydroxyl groups excluding tert-OH is 1. The van der Waals surface area contributed by atoms with Gasteiger partial charge in [-0.2, -0.15) is 0 Å².